The van der Waals surface area contributed by atoms with Crippen LogP contribution >= 0.6 is 0 Å². The number of benzene rings is 1. The number of hydrogen-bond donors (Lipinski definition) is 2. The van der Waals surface area contributed by atoms with Gasteiger partial charge in [0.15, 0.2) is 0 Å². The number of rotatable bonds is 6. The third-order valence-corrected chi connectivity index (χ3v) is 3.38. The standard InChI is InChI=1S/C16H18FN3O3/c1-10-7-11(2)20(19-10)9-15(21)18-14(8-16(22)23)12-3-5-13(17)6-4-12/h3-7,14H,8-9H2,1-2H3,(H,18,21)(H,22,23). The molecule has 0 bridgehead atoms. The quantitative estimate of drug-likeness (QED) is 0.852. The van der Waals surface area contributed by atoms with Crippen molar-refractivity contribution >= 4 is 11.9 Å². The van der Waals surface area contributed by atoms with Crippen molar-refractivity contribution in [3.63, 3.8) is 0 Å². The first-order valence-electron chi connectivity index (χ1n) is 7.13. The molecule has 23 heavy (non-hydrogen) atoms. The van der Waals surface area contributed by atoms with E-state index in [9.17, 15) is 14.0 Å². The zero-order valence-electron chi connectivity index (χ0n) is 12.9. The fraction of sp³-hybridized carbons (Fsp3) is 0.312. The number of nitrogens with one attached hydrogen (secondary N) is 1. The second-order valence-corrected chi connectivity index (χ2v) is 5.35. The Morgan fingerprint density at radius 2 is 1.96 bits per heavy atom. The molecule has 2 aromatic rings. The minimum absolute atomic E-state index is 0.00299. The molecule has 1 aromatic carbocycles. The lowest BCUT2D eigenvalue weighted by atomic mass is 10.0. The lowest BCUT2D eigenvalue weighted by Gasteiger charge is -2.18. The number of hydrogen-bond acceptors (Lipinski definition) is 3. The molecule has 0 radical (unpaired) electrons. The number of carbonyl (C=O) groups is 2. The fourth-order valence-corrected chi connectivity index (χ4v) is 2.33. The molecule has 0 aliphatic rings. The maximum atomic E-state index is 13.0. The Balaban J connectivity index is 2.10. The van der Waals surface area contributed by atoms with Crippen LogP contribution in [0.1, 0.15) is 29.4 Å². The second kappa shape index (κ2) is 7.04. The van der Waals surface area contributed by atoms with Crippen molar-refractivity contribution in [2.24, 2.45) is 0 Å². The summed E-state index contributed by atoms with van der Waals surface area (Å²) in [6.45, 7) is 3.66. The summed E-state index contributed by atoms with van der Waals surface area (Å²) < 4.78 is 14.5. The van der Waals surface area contributed by atoms with Crippen LogP contribution in [-0.4, -0.2) is 26.8 Å². The van der Waals surface area contributed by atoms with Crippen LogP contribution in [0.25, 0.3) is 0 Å². The number of aromatic nitrogens is 2. The van der Waals surface area contributed by atoms with E-state index in [2.05, 4.69) is 10.4 Å². The Morgan fingerprint density at radius 1 is 1.30 bits per heavy atom. The molecule has 6 nitrogen and oxygen atoms in total. The second-order valence-electron chi connectivity index (χ2n) is 5.35. The number of amides is 1. The molecule has 1 heterocycles. The van der Waals surface area contributed by atoms with Crippen LogP contribution in [0.5, 0.6) is 0 Å². The first kappa shape index (κ1) is 16.7. The number of carboxylic acid groups (broad SMARTS) is 1. The summed E-state index contributed by atoms with van der Waals surface area (Å²) in [6.07, 6.45) is -0.283. The van der Waals surface area contributed by atoms with Gasteiger partial charge in [0.1, 0.15) is 12.4 Å². The molecular formula is C16H18FN3O3. The molecule has 2 rings (SSSR count). The van der Waals surface area contributed by atoms with Crippen molar-refractivity contribution < 1.29 is 19.1 Å². The van der Waals surface area contributed by atoms with Gasteiger partial charge in [0.05, 0.1) is 18.2 Å². The Labute approximate surface area is 132 Å². The van der Waals surface area contributed by atoms with Crippen molar-refractivity contribution in [1.82, 2.24) is 15.1 Å². The van der Waals surface area contributed by atoms with Gasteiger partial charge in [-0.05, 0) is 37.6 Å². The number of carboxylic acids is 1. The Morgan fingerprint density at radius 3 is 2.48 bits per heavy atom. The lowest BCUT2D eigenvalue weighted by molar-refractivity contribution is -0.137. The molecule has 1 atom stereocenters. The van der Waals surface area contributed by atoms with Gasteiger partial charge in [-0.15, -0.1) is 0 Å². The van der Waals surface area contributed by atoms with E-state index in [1.165, 1.54) is 24.3 Å². The summed E-state index contributed by atoms with van der Waals surface area (Å²) in [5, 5.41) is 15.9. The Bertz CT molecular complexity index is 710. The van der Waals surface area contributed by atoms with Gasteiger partial charge >= 0.3 is 5.97 Å². The number of halogens is 1. The molecule has 0 aliphatic carbocycles. The Kier molecular flexibility index (Phi) is 5.10. The van der Waals surface area contributed by atoms with E-state index in [-0.39, 0.29) is 18.9 Å². The predicted molar refractivity (Wildman–Crippen MR) is 81.2 cm³/mol. The number of aliphatic carboxylic acids is 1. The van der Waals surface area contributed by atoms with Gasteiger partial charge in [0.2, 0.25) is 5.91 Å². The summed E-state index contributed by atoms with van der Waals surface area (Å²) in [4.78, 5) is 23.2. The zero-order valence-corrected chi connectivity index (χ0v) is 12.9. The highest BCUT2D eigenvalue weighted by molar-refractivity contribution is 5.77. The van der Waals surface area contributed by atoms with Gasteiger partial charge in [0.25, 0.3) is 0 Å². The van der Waals surface area contributed by atoms with E-state index in [1.54, 1.807) is 4.68 Å². The van der Waals surface area contributed by atoms with E-state index >= 15 is 0 Å². The average molecular weight is 319 g/mol. The average Bonchev–Trinajstić information content (AvgIpc) is 2.76. The van der Waals surface area contributed by atoms with Crippen LogP contribution in [0.3, 0.4) is 0 Å². The molecule has 0 fully saturated rings. The smallest absolute Gasteiger partial charge is 0.305 e. The molecule has 0 spiro atoms. The molecule has 1 unspecified atom stereocenters. The largest absolute Gasteiger partial charge is 0.481 e. The monoisotopic (exact) mass is 319 g/mol. The molecule has 1 amide bonds. The van der Waals surface area contributed by atoms with E-state index in [0.717, 1.165) is 11.4 Å². The van der Waals surface area contributed by atoms with E-state index in [4.69, 9.17) is 5.11 Å². The maximum Gasteiger partial charge on any atom is 0.305 e. The van der Waals surface area contributed by atoms with Crippen molar-refractivity contribution in [1.29, 1.82) is 0 Å². The number of aryl methyl sites for hydroxylation is 2. The summed E-state index contributed by atoms with van der Waals surface area (Å²) >= 11 is 0. The van der Waals surface area contributed by atoms with E-state index < -0.39 is 17.8 Å². The minimum atomic E-state index is -1.05. The summed E-state index contributed by atoms with van der Waals surface area (Å²) in [5.41, 5.74) is 2.18. The van der Waals surface area contributed by atoms with E-state index in [1.807, 2.05) is 19.9 Å². The highest BCUT2D eigenvalue weighted by atomic mass is 19.1. The first-order chi connectivity index (χ1) is 10.8. The zero-order chi connectivity index (χ0) is 17.0. The molecular weight excluding hydrogens is 301 g/mol. The van der Waals surface area contributed by atoms with Gasteiger partial charge in [-0.25, -0.2) is 4.39 Å². The van der Waals surface area contributed by atoms with Crippen molar-refractivity contribution in [2.75, 3.05) is 0 Å². The lowest BCUT2D eigenvalue weighted by Crippen LogP contribution is -2.33. The molecule has 0 saturated heterocycles. The van der Waals surface area contributed by atoms with Crippen LogP contribution in [0.2, 0.25) is 0 Å². The Hall–Kier alpha value is -2.70. The van der Waals surface area contributed by atoms with E-state index in [0.29, 0.717) is 5.56 Å². The van der Waals surface area contributed by atoms with Crippen LogP contribution in [0.15, 0.2) is 30.3 Å². The van der Waals surface area contributed by atoms with Crippen LogP contribution < -0.4 is 5.32 Å². The summed E-state index contributed by atoms with van der Waals surface area (Å²) in [6, 6.07) is 6.52. The van der Waals surface area contributed by atoms with Crippen molar-refractivity contribution in [3.8, 4) is 0 Å². The molecule has 0 saturated carbocycles. The third-order valence-electron chi connectivity index (χ3n) is 3.38. The molecule has 2 N–H and O–H groups in total. The van der Waals surface area contributed by atoms with Crippen molar-refractivity contribution in [3.05, 3.63) is 53.1 Å². The SMILES string of the molecule is Cc1cc(C)n(CC(=O)NC(CC(=O)O)c2ccc(F)cc2)n1. The number of carbonyl (C=O) groups excluding carboxylic acids is 1. The van der Waals surface area contributed by atoms with Crippen LogP contribution in [-0.2, 0) is 16.1 Å². The van der Waals surface area contributed by atoms with Crippen LogP contribution in [0, 0.1) is 19.7 Å². The minimum Gasteiger partial charge on any atom is -0.481 e. The van der Waals surface area contributed by atoms with Crippen molar-refractivity contribution in [2.45, 2.75) is 32.9 Å². The van der Waals surface area contributed by atoms with Gasteiger partial charge < -0.3 is 10.4 Å². The predicted octanol–water partition coefficient (Wildman–Crippen LogP) is 1.97. The van der Waals surface area contributed by atoms with Gasteiger partial charge in [-0.1, -0.05) is 12.1 Å². The maximum absolute atomic E-state index is 13.0. The molecule has 7 heteroatoms. The topological polar surface area (TPSA) is 84.2 Å². The highest BCUT2D eigenvalue weighted by Gasteiger charge is 2.19. The molecule has 1 aromatic heterocycles. The first-order valence-corrected chi connectivity index (χ1v) is 7.13. The number of nitrogens with zero attached hydrogens (tertiary/aromatic N) is 2. The normalized spacial score (nSPS) is 12.0. The van der Waals surface area contributed by atoms with Gasteiger partial charge in [-0.3, -0.25) is 14.3 Å². The van der Waals surface area contributed by atoms with Gasteiger partial charge in [-0.2, -0.15) is 5.10 Å². The van der Waals surface area contributed by atoms with Crippen LogP contribution in [0.4, 0.5) is 4.39 Å². The summed E-state index contributed by atoms with van der Waals surface area (Å²) in [5.74, 6) is -1.82. The third kappa shape index (κ3) is 4.64. The summed E-state index contributed by atoms with van der Waals surface area (Å²) in [7, 11) is 0. The van der Waals surface area contributed by atoms with Gasteiger partial charge in [0, 0.05) is 5.69 Å². The fourth-order valence-electron chi connectivity index (χ4n) is 2.33. The molecule has 122 valence electrons. The molecule has 0 aliphatic heterocycles. The highest BCUT2D eigenvalue weighted by Crippen LogP contribution is 2.17.